The van der Waals surface area contributed by atoms with Crippen LogP contribution < -0.4 is 5.73 Å². The molecular formula is C19H17F6N5OS. The van der Waals surface area contributed by atoms with E-state index in [0.29, 0.717) is 22.6 Å². The van der Waals surface area contributed by atoms with Crippen molar-refractivity contribution >= 4 is 17.2 Å². The topological polar surface area (TPSA) is 86.7 Å². The summed E-state index contributed by atoms with van der Waals surface area (Å²) >= 11 is 0.644. The summed E-state index contributed by atoms with van der Waals surface area (Å²) in [6.07, 6.45) is -4.75. The number of rotatable bonds is 2. The number of aryl methyl sites for hydroxylation is 3. The van der Waals surface area contributed by atoms with E-state index in [9.17, 15) is 31.1 Å². The van der Waals surface area contributed by atoms with Crippen LogP contribution in [0.5, 0.6) is 0 Å². The number of halogens is 6. The van der Waals surface area contributed by atoms with E-state index in [-0.39, 0.29) is 5.01 Å². The van der Waals surface area contributed by atoms with Crippen molar-refractivity contribution in [1.29, 1.82) is 0 Å². The number of aromatic nitrogens is 4. The smallest absolute Gasteiger partial charge is 0.365 e. The van der Waals surface area contributed by atoms with Gasteiger partial charge in [0.05, 0.1) is 10.7 Å². The van der Waals surface area contributed by atoms with Gasteiger partial charge in [0, 0.05) is 24.0 Å². The fourth-order valence-electron chi connectivity index (χ4n) is 3.09. The van der Waals surface area contributed by atoms with Crippen molar-refractivity contribution in [1.82, 2.24) is 19.7 Å². The number of nitrogens with zero attached hydrogens (tertiary/aromatic N) is 4. The van der Waals surface area contributed by atoms with Crippen LogP contribution >= 0.6 is 11.3 Å². The number of thiazole rings is 1. The lowest BCUT2D eigenvalue weighted by Gasteiger charge is -2.11. The molecule has 3 aromatic rings. The Balaban J connectivity index is 0.000000195. The fourth-order valence-corrected chi connectivity index (χ4v) is 3.88. The van der Waals surface area contributed by atoms with Gasteiger partial charge in [0.1, 0.15) is 10.6 Å². The first-order chi connectivity index (χ1) is 14.9. The first-order valence-electron chi connectivity index (χ1n) is 9.31. The van der Waals surface area contributed by atoms with Crippen molar-refractivity contribution in [2.45, 2.75) is 45.1 Å². The summed E-state index contributed by atoms with van der Waals surface area (Å²) in [5.74, 6) is -1.10. The average Bonchev–Trinajstić information content (AvgIpc) is 3.31. The van der Waals surface area contributed by atoms with Gasteiger partial charge >= 0.3 is 12.4 Å². The summed E-state index contributed by atoms with van der Waals surface area (Å²) in [4.78, 5) is 16.6. The van der Waals surface area contributed by atoms with Gasteiger partial charge in [-0.3, -0.25) is 14.5 Å². The van der Waals surface area contributed by atoms with E-state index in [4.69, 9.17) is 5.73 Å². The lowest BCUT2D eigenvalue weighted by molar-refractivity contribution is -0.141. The minimum atomic E-state index is -4.62. The molecule has 0 saturated heterocycles. The Morgan fingerprint density at radius 2 is 1.84 bits per heavy atom. The minimum absolute atomic E-state index is 0.168. The molecule has 0 saturated carbocycles. The SMILES string of the molecule is Cc1nc(C(F)(F)F)c(C(N)=O)s1.FC(F)(F)c1cc(-c2cc3n(n2)CCCC3)ccn1. The number of nitrogens with two attached hydrogens (primary N) is 1. The highest BCUT2D eigenvalue weighted by molar-refractivity contribution is 7.13. The second kappa shape index (κ2) is 8.88. The zero-order chi connectivity index (χ0) is 23.7. The van der Waals surface area contributed by atoms with E-state index in [0.717, 1.165) is 37.6 Å². The highest BCUT2D eigenvalue weighted by atomic mass is 32.1. The van der Waals surface area contributed by atoms with Crippen molar-refractivity contribution in [2.75, 3.05) is 0 Å². The van der Waals surface area contributed by atoms with Gasteiger partial charge < -0.3 is 5.73 Å². The molecule has 3 aromatic heterocycles. The Morgan fingerprint density at radius 1 is 1.12 bits per heavy atom. The van der Waals surface area contributed by atoms with E-state index >= 15 is 0 Å². The Labute approximate surface area is 182 Å². The standard InChI is InChI=1S/C13H12F3N3.C6H5F3N2OS/c14-13(15,16)12-7-9(4-5-17-12)11-8-10-3-1-2-6-19(10)18-11;1-2-11-4(6(7,8)9)3(13-2)5(10)12/h4-5,7-8H,1-3,6H2;1H3,(H2,10,12). The molecule has 0 spiro atoms. The predicted molar refractivity (Wildman–Crippen MR) is 104 cm³/mol. The van der Waals surface area contributed by atoms with Gasteiger partial charge in [-0.2, -0.15) is 31.4 Å². The second-order valence-electron chi connectivity index (χ2n) is 6.90. The van der Waals surface area contributed by atoms with Gasteiger partial charge in [0.25, 0.3) is 5.91 Å². The summed E-state index contributed by atoms with van der Waals surface area (Å²) in [6.45, 7) is 2.22. The lowest BCUT2D eigenvalue weighted by atomic mass is 10.1. The second-order valence-corrected chi connectivity index (χ2v) is 8.10. The third-order valence-corrected chi connectivity index (χ3v) is 5.47. The molecule has 0 unspecified atom stereocenters. The Kier molecular flexibility index (Phi) is 6.58. The van der Waals surface area contributed by atoms with Crippen LogP contribution in [0.25, 0.3) is 11.3 Å². The van der Waals surface area contributed by atoms with E-state index in [1.165, 1.54) is 13.1 Å². The predicted octanol–water partition coefficient (Wildman–Crippen LogP) is 4.87. The van der Waals surface area contributed by atoms with Crippen LogP contribution in [0.2, 0.25) is 0 Å². The average molecular weight is 477 g/mol. The van der Waals surface area contributed by atoms with Crippen LogP contribution in [0.4, 0.5) is 26.3 Å². The number of hydrogen-bond acceptors (Lipinski definition) is 5. The molecule has 13 heteroatoms. The molecule has 4 heterocycles. The highest BCUT2D eigenvalue weighted by Gasteiger charge is 2.38. The first-order valence-corrected chi connectivity index (χ1v) is 10.1. The van der Waals surface area contributed by atoms with Crippen LogP contribution in [-0.2, 0) is 25.3 Å². The zero-order valence-corrected chi connectivity index (χ0v) is 17.4. The monoisotopic (exact) mass is 477 g/mol. The Bertz CT molecular complexity index is 1090. The van der Waals surface area contributed by atoms with Crippen LogP contribution in [0, 0.1) is 6.92 Å². The number of primary amides is 1. The molecule has 32 heavy (non-hydrogen) atoms. The largest absolute Gasteiger partial charge is 0.435 e. The van der Waals surface area contributed by atoms with Gasteiger partial charge in [0.2, 0.25) is 0 Å². The maximum atomic E-state index is 12.6. The minimum Gasteiger partial charge on any atom is -0.365 e. The highest BCUT2D eigenvalue weighted by Crippen LogP contribution is 2.34. The molecule has 0 aromatic carbocycles. The van der Waals surface area contributed by atoms with Crippen LogP contribution in [0.3, 0.4) is 0 Å². The van der Waals surface area contributed by atoms with Gasteiger partial charge in [0.15, 0.2) is 5.69 Å². The van der Waals surface area contributed by atoms with Crippen molar-refractivity contribution in [3.05, 3.63) is 51.4 Å². The van der Waals surface area contributed by atoms with Crippen molar-refractivity contribution in [3.8, 4) is 11.3 Å². The number of pyridine rings is 1. The molecule has 0 bridgehead atoms. The maximum Gasteiger partial charge on any atom is 0.435 e. The number of fused-ring (bicyclic) bond motifs is 1. The van der Waals surface area contributed by atoms with Crippen LogP contribution in [0.15, 0.2) is 24.4 Å². The fraction of sp³-hybridized carbons (Fsp3) is 0.368. The molecule has 172 valence electrons. The molecular weight excluding hydrogens is 460 g/mol. The van der Waals surface area contributed by atoms with Gasteiger partial charge in [-0.1, -0.05) is 0 Å². The number of alkyl halides is 6. The molecule has 2 N–H and O–H groups in total. The molecule has 1 aliphatic rings. The Hall–Kier alpha value is -2.96. The lowest BCUT2D eigenvalue weighted by Crippen LogP contribution is -2.16. The van der Waals surface area contributed by atoms with Crippen molar-refractivity contribution in [3.63, 3.8) is 0 Å². The summed E-state index contributed by atoms with van der Waals surface area (Å²) in [7, 11) is 0. The third-order valence-electron chi connectivity index (χ3n) is 4.49. The summed E-state index contributed by atoms with van der Waals surface area (Å²) in [6, 6.07) is 4.48. The van der Waals surface area contributed by atoms with E-state index in [1.807, 2.05) is 10.7 Å². The maximum absolute atomic E-state index is 12.6. The molecule has 1 amide bonds. The van der Waals surface area contributed by atoms with Crippen LogP contribution in [0.1, 0.15) is 44.6 Å². The molecule has 0 aliphatic carbocycles. The molecule has 6 nitrogen and oxygen atoms in total. The van der Waals surface area contributed by atoms with Crippen molar-refractivity contribution < 1.29 is 31.1 Å². The molecule has 1 aliphatic heterocycles. The molecule has 0 atom stereocenters. The normalized spacial score (nSPS) is 13.8. The molecule has 4 rings (SSSR count). The van der Waals surface area contributed by atoms with E-state index in [1.54, 1.807) is 6.07 Å². The van der Waals surface area contributed by atoms with Gasteiger partial charge in [-0.25, -0.2) is 4.98 Å². The number of hydrogen-bond donors (Lipinski definition) is 1. The Morgan fingerprint density at radius 3 is 2.41 bits per heavy atom. The van der Waals surface area contributed by atoms with E-state index < -0.39 is 34.5 Å². The molecule has 0 fully saturated rings. The number of carbonyl (C=O) groups excluding carboxylic acids is 1. The summed E-state index contributed by atoms with van der Waals surface area (Å²) < 4.78 is 76.2. The van der Waals surface area contributed by atoms with Crippen molar-refractivity contribution in [2.24, 2.45) is 5.73 Å². The van der Waals surface area contributed by atoms with Gasteiger partial charge in [-0.15, -0.1) is 11.3 Å². The summed E-state index contributed by atoms with van der Waals surface area (Å²) in [5.41, 5.74) is 4.82. The third kappa shape index (κ3) is 5.44. The first kappa shape index (κ1) is 23.7. The quantitative estimate of drug-likeness (QED) is 0.534. The van der Waals surface area contributed by atoms with E-state index in [2.05, 4.69) is 15.1 Å². The molecule has 0 radical (unpaired) electrons. The number of amides is 1. The zero-order valence-electron chi connectivity index (χ0n) is 16.6. The number of carbonyl (C=O) groups is 1. The summed E-state index contributed by atoms with van der Waals surface area (Å²) in [5, 5.41) is 4.53. The van der Waals surface area contributed by atoms with Gasteiger partial charge in [-0.05, 0) is 44.4 Å². The van der Waals surface area contributed by atoms with Crippen LogP contribution in [-0.4, -0.2) is 25.7 Å².